The molecule has 3 aromatic carbocycles. The Balaban J connectivity index is 1.34. The number of hydrogen-bond donors (Lipinski definition) is 1. The summed E-state index contributed by atoms with van der Waals surface area (Å²) >= 11 is 1.45. The van der Waals surface area contributed by atoms with Gasteiger partial charge in [0.05, 0.1) is 5.75 Å². The molecule has 1 aliphatic heterocycles. The van der Waals surface area contributed by atoms with Crippen LogP contribution < -0.4 is 14.8 Å². The van der Waals surface area contributed by atoms with Crippen LogP contribution in [0.5, 0.6) is 11.5 Å². The Morgan fingerprint density at radius 3 is 2.31 bits per heavy atom. The van der Waals surface area contributed by atoms with Crippen molar-refractivity contribution in [3.8, 4) is 11.5 Å². The lowest BCUT2D eigenvalue weighted by atomic mass is 10.1. The van der Waals surface area contributed by atoms with Crippen LogP contribution in [0.15, 0.2) is 77.7 Å². The van der Waals surface area contributed by atoms with Crippen LogP contribution in [0.2, 0.25) is 0 Å². The number of carbonyl (C=O) groups is 2. The highest BCUT2D eigenvalue weighted by Gasteiger charge is 2.13. The van der Waals surface area contributed by atoms with Crippen molar-refractivity contribution in [1.82, 2.24) is 0 Å². The summed E-state index contributed by atoms with van der Waals surface area (Å²) in [5, 5.41) is 2.83. The van der Waals surface area contributed by atoms with Gasteiger partial charge in [0.15, 0.2) is 17.3 Å². The number of ketones is 1. The van der Waals surface area contributed by atoms with E-state index in [1.165, 1.54) is 11.8 Å². The summed E-state index contributed by atoms with van der Waals surface area (Å²) in [4.78, 5) is 25.6. The normalized spacial score (nSPS) is 12.3. The molecule has 0 fully saturated rings. The molecule has 0 atom stereocenters. The number of thioether (sulfide) groups is 1. The Labute approximate surface area is 173 Å². The van der Waals surface area contributed by atoms with E-state index >= 15 is 0 Å². The molecule has 146 valence electrons. The quantitative estimate of drug-likeness (QED) is 0.476. The van der Waals surface area contributed by atoms with E-state index in [2.05, 4.69) is 5.32 Å². The molecule has 4 rings (SSSR count). The number of amides is 1. The van der Waals surface area contributed by atoms with E-state index in [1.54, 1.807) is 36.4 Å². The number of rotatable bonds is 6. The molecule has 0 spiro atoms. The third-order valence-corrected chi connectivity index (χ3v) is 5.38. The van der Waals surface area contributed by atoms with Gasteiger partial charge < -0.3 is 14.8 Å². The molecule has 0 aromatic heterocycles. The second kappa shape index (κ2) is 8.84. The van der Waals surface area contributed by atoms with Crippen molar-refractivity contribution in [2.75, 3.05) is 24.3 Å². The molecule has 1 heterocycles. The predicted molar refractivity (Wildman–Crippen MR) is 113 cm³/mol. The molecule has 29 heavy (non-hydrogen) atoms. The van der Waals surface area contributed by atoms with E-state index in [9.17, 15) is 9.59 Å². The van der Waals surface area contributed by atoms with Gasteiger partial charge in [-0.15, -0.1) is 11.8 Å². The summed E-state index contributed by atoms with van der Waals surface area (Å²) in [6, 6.07) is 21.6. The molecule has 0 unspecified atom stereocenters. The second-order valence-electron chi connectivity index (χ2n) is 6.41. The maximum atomic E-state index is 12.5. The van der Waals surface area contributed by atoms with Gasteiger partial charge in [0.1, 0.15) is 13.2 Å². The molecule has 1 aliphatic rings. The highest BCUT2D eigenvalue weighted by Crippen LogP contribution is 2.34. The predicted octanol–water partition coefficient (Wildman–Crippen LogP) is 4.69. The van der Waals surface area contributed by atoms with Gasteiger partial charge in [-0.3, -0.25) is 9.59 Å². The standard InChI is InChI=1S/C23H19NO4S/c25-20(15-29-19-10-11-21-22(14-19)28-13-12-27-21)16-6-8-18(9-7-16)24-23(26)17-4-2-1-3-5-17/h1-11,14H,12-13,15H2,(H,24,26). The average Bonchev–Trinajstić information content (AvgIpc) is 2.78. The van der Waals surface area contributed by atoms with Crippen LogP contribution in [-0.2, 0) is 0 Å². The maximum Gasteiger partial charge on any atom is 0.255 e. The fraction of sp³-hybridized carbons (Fsp3) is 0.130. The Kier molecular flexibility index (Phi) is 5.81. The van der Waals surface area contributed by atoms with Crippen LogP contribution >= 0.6 is 11.8 Å². The van der Waals surface area contributed by atoms with Crippen molar-refractivity contribution < 1.29 is 19.1 Å². The topological polar surface area (TPSA) is 64.6 Å². The highest BCUT2D eigenvalue weighted by molar-refractivity contribution is 8.00. The van der Waals surface area contributed by atoms with Crippen molar-refractivity contribution in [3.63, 3.8) is 0 Å². The van der Waals surface area contributed by atoms with Gasteiger partial charge in [0.2, 0.25) is 0 Å². The molecule has 0 bridgehead atoms. The van der Waals surface area contributed by atoms with Crippen LogP contribution in [0.3, 0.4) is 0 Å². The number of fused-ring (bicyclic) bond motifs is 1. The summed E-state index contributed by atoms with van der Waals surface area (Å²) < 4.78 is 11.1. The first kappa shape index (κ1) is 19.1. The van der Waals surface area contributed by atoms with Crippen molar-refractivity contribution in [3.05, 3.63) is 83.9 Å². The van der Waals surface area contributed by atoms with Gasteiger partial charge in [-0.25, -0.2) is 0 Å². The minimum Gasteiger partial charge on any atom is -0.486 e. The maximum absolute atomic E-state index is 12.5. The Hall–Kier alpha value is -3.25. The van der Waals surface area contributed by atoms with Crippen LogP contribution in [0.1, 0.15) is 20.7 Å². The zero-order valence-corrected chi connectivity index (χ0v) is 16.4. The molecule has 3 aromatic rings. The zero-order valence-electron chi connectivity index (χ0n) is 15.6. The molecule has 0 saturated carbocycles. The first-order chi connectivity index (χ1) is 14.2. The molecule has 1 amide bonds. The number of benzene rings is 3. The van der Waals surface area contributed by atoms with Gasteiger partial charge in [0, 0.05) is 21.7 Å². The first-order valence-corrected chi connectivity index (χ1v) is 10.2. The Morgan fingerprint density at radius 1 is 0.828 bits per heavy atom. The van der Waals surface area contributed by atoms with E-state index in [4.69, 9.17) is 9.47 Å². The first-order valence-electron chi connectivity index (χ1n) is 9.21. The third-order valence-electron chi connectivity index (χ3n) is 4.38. The van der Waals surface area contributed by atoms with Gasteiger partial charge in [-0.1, -0.05) is 18.2 Å². The highest BCUT2D eigenvalue weighted by atomic mass is 32.2. The molecule has 5 nitrogen and oxygen atoms in total. The van der Waals surface area contributed by atoms with E-state index in [0.29, 0.717) is 41.5 Å². The van der Waals surface area contributed by atoms with E-state index in [-0.39, 0.29) is 11.7 Å². The molecular formula is C23H19NO4S. The lowest BCUT2D eigenvalue weighted by Crippen LogP contribution is -2.15. The van der Waals surface area contributed by atoms with Crippen LogP contribution in [0.4, 0.5) is 5.69 Å². The Morgan fingerprint density at radius 2 is 1.55 bits per heavy atom. The molecule has 0 aliphatic carbocycles. The second-order valence-corrected chi connectivity index (χ2v) is 7.46. The smallest absolute Gasteiger partial charge is 0.255 e. The number of Topliss-reactive ketones (excluding diaryl/α,β-unsaturated/α-hetero) is 1. The lowest BCUT2D eigenvalue weighted by Gasteiger charge is -2.18. The largest absolute Gasteiger partial charge is 0.486 e. The fourth-order valence-corrected chi connectivity index (χ4v) is 3.70. The van der Waals surface area contributed by atoms with Crippen molar-refractivity contribution in [1.29, 1.82) is 0 Å². The minimum atomic E-state index is -0.182. The van der Waals surface area contributed by atoms with E-state index < -0.39 is 0 Å². The fourth-order valence-electron chi connectivity index (χ4n) is 2.88. The van der Waals surface area contributed by atoms with Crippen LogP contribution in [0.25, 0.3) is 0 Å². The number of carbonyl (C=O) groups excluding carboxylic acids is 2. The van der Waals surface area contributed by atoms with Gasteiger partial charge in [-0.2, -0.15) is 0 Å². The number of nitrogens with one attached hydrogen (secondary N) is 1. The van der Waals surface area contributed by atoms with Gasteiger partial charge in [-0.05, 0) is 54.6 Å². The Bertz CT molecular complexity index is 1020. The van der Waals surface area contributed by atoms with Crippen LogP contribution in [-0.4, -0.2) is 30.7 Å². The lowest BCUT2D eigenvalue weighted by molar-refractivity contribution is 0.101. The summed E-state index contributed by atoms with van der Waals surface area (Å²) in [6.45, 7) is 1.09. The van der Waals surface area contributed by atoms with Gasteiger partial charge >= 0.3 is 0 Å². The third kappa shape index (κ3) is 4.78. The monoisotopic (exact) mass is 405 g/mol. The molecule has 0 saturated heterocycles. The van der Waals surface area contributed by atoms with Crippen molar-refractivity contribution in [2.24, 2.45) is 0 Å². The van der Waals surface area contributed by atoms with Crippen LogP contribution in [0, 0.1) is 0 Å². The molecule has 1 N–H and O–H groups in total. The summed E-state index contributed by atoms with van der Waals surface area (Å²) in [6.07, 6.45) is 0. The van der Waals surface area contributed by atoms with E-state index in [0.717, 1.165) is 10.6 Å². The number of hydrogen-bond acceptors (Lipinski definition) is 5. The summed E-state index contributed by atoms with van der Waals surface area (Å²) in [5.41, 5.74) is 1.84. The molecular weight excluding hydrogens is 386 g/mol. The SMILES string of the molecule is O=C(CSc1ccc2c(c1)OCCO2)c1ccc(NC(=O)c2ccccc2)cc1. The number of ether oxygens (including phenoxy) is 2. The zero-order chi connectivity index (χ0) is 20.1. The van der Waals surface area contributed by atoms with Crippen molar-refractivity contribution in [2.45, 2.75) is 4.90 Å². The average molecular weight is 405 g/mol. The van der Waals surface area contributed by atoms with Crippen molar-refractivity contribution >= 4 is 29.1 Å². The summed E-state index contributed by atoms with van der Waals surface area (Å²) in [7, 11) is 0. The molecule has 0 radical (unpaired) electrons. The summed E-state index contributed by atoms with van der Waals surface area (Å²) in [5.74, 6) is 1.60. The molecule has 6 heteroatoms. The van der Waals surface area contributed by atoms with Gasteiger partial charge in [0.25, 0.3) is 5.91 Å². The number of anilines is 1. The van der Waals surface area contributed by atoms with E-state index in [1.807, 2.05) is 36.4 Å². The minimum absolute atomic E-state index is 0.0193.